The summed E-state index contributed by atoms with van der Waals surface area (Å²) in [6, 6.07) is 11.3. The SMILES string of the molecule is CCN=C(NC1C2CCOC2C12CCC2)N1CCN(c2ccccc2)CC1. The van der Waals surface area contributed by atoms with E-state index in [9.17, 15) is 0 Å². The molecular weight excluding hydrogens is 336 g/mol. The van der Waals surface area contributed by atoms with Gasteiger partial charge in [0, 0.05) is 62.4 Å². The summed E-state index contributed by atoms with van der Waals surface area (Å²) in [7, 11) is 0. The Bertz CT molecular complexity index is 679. The third-order valence-corrected chi connectivity index (χ3v) is 7.33. The Morgan fingerprint density at radius 1 is 1.19 bits per heavy atom. The quantitative estimate of drug-likeness (QED) is 0.658. The second kappa shape index (κ2) is 7.01. The number of anilines is 1. The van der Waals surface area contributed by atoms with E-state index in [1.807, 2.05) is 0 Å². The van der Waals surface area contributed by atoms with E-state index in [4.69, 9.17) is 9.73 Å². The highest BCUT2D eigenvalue weighted by Crippen LogP contribution is 2.62. The van der Waals surface area contributed by atoms with Crippen molar-refractivity contribution in [2.75, 3.05) is 44.2 Å². The molecule has 1 aromatic carbocycles. The summed E-state index contributed by atoms with van der Waals surface area (Å²) in [6.45, 7) is 8.11. The molecule has 4 aliphatic rings. The van der Waals surface area contributed by atoms with Crippen molar-refractivity contribution >= 4 is 11.6 Å². The summed E-state index contributed by atoms with van der Waals surface area (Å²) in [6.07, 6.45) is 5.74. The van der Waals surface area contributed by atoms with Gasteiger partial charge in [0.1, 0.15) is 0 Å². The van der Waals surface area contributed by atoms with Crippen molar-refractivity contribution in [1.82, 2.24) is 10.2 Å². The number of fused-ring (bicyclic) bond motifs is 2. The fourth-order valence-electron chi connectivity index (χ4n) is 5.80. The van der Waals surface area contributed by atoms with Crippen LogP contribution in [0.4, 0.5) is 5.69 Å². The monoisotopic (exact) mass is 368 g/mol. The number of rotatable bonds is 3. The van der Waals surface area contributed by atoms with Gasteiger partial charge in [0.05, 0.1) is 6.10 Å². The number of para-hydroxylation sites is 1. The van der Waals surface area contributed by atoms with Crippen LogP contribution in [0.15, 0.2) is 35.3 Å². The number of hydrogen-bond donors (Lipinski definition) is 1. The molecule has 0 bridgehead atoms. The van der Waals surface area contributed by atoms with Crippen molar-refractivity contribution in [2.24, 2.45) is 16.3 Å². The maximum atomic E-state index is 6.09. The number of benzene rings is 1. The maximum absolute atomic E-state index is 6.09. The molecule has 2 aliphatic carbocycles. The average molecular weight is 369 g/mol. The number of piperazine rings is 1. The van der Waals surface area contributed by atoms with Crippen molar-refractivity contribution in [1.29, 1.82) is 0 Å². The van der Waals surface area contributed by atoms with Crippen LogP contribution in [-0.4, -0.2) is 62.3 Å². The van der Waals surface area contributed by atoms with Gasteiger partial charge in [-0.1, -0.05) is 24.6 Å². The van der Waals surface area contributed by atoms with E-state index < -0.39 is 0 Å². The Morgan fingerprint density at radius 2 is 1.96 bits per heavy atom. The molecule has 2 saturated carbocycles. The maximum Gasteiger partial charge on any atom is 0.194 e. The lowest BCUT2D eigenvalue weighted by atomic mass is 9.46. The molecule has 2 heterocycles. The highest BCUT2D eigenvalue weighted by atomic mass is 16.5. The first-order chi connectivity index (χ1) is 13.3. The van der Waals surface area contributed by atoms with E-state index >= 15 is 0 Å². The fraction of sp³-hybridized carbons (Fsp3) is 0.682. The number of aliphatic imine (C=N–C) groups is 1. The van der Waals surface area contributed by atoms with Crippen LogP contribution < -0.4 is 10.2 Å². The lowest BCUT2D eigenvalue weighted by molar-refractivity contribution is -0.171. The molecular formula is C22H32N4O. The van der Waals surface area contributed by atoms with E-state index in [-0.39, 0.29) is 0 Å². The van der Waals surface area contributed by atoms with Gasteiger partial charge in [0.2, 0.25) is 0 Å². The van der Waals surface area contributed by atoms with Crippen LogP contribution in [0.2, 0.25) is 0 Å². The van der Waals surface area contributed by atoms with Crippen molar-refractivity contribution in [3.8, 4) is 0 Å². The van der Waals surface area contributed by atoms with Crippen molar-refractivity contribution in [3.05, 3.63) is 30.3 Å². The first-order valence-electron chi connectivity index (χ1n) is 10.8. The lowest BCUT2D eigenvalue weighted by Gasteiger charge is -2.63. The van der Waals surface area contributed by atoms with E-state index in [1.165, 1.54) is 31.4 Å². The highest BCUT2D eigenvalue weighted by molar-refractivity contribution is 5.81. The smallest absolute Gasteiger partial charge is 0.194 e. The van der Waals surface area contributed by atoms with Gasteiger partial charge in [-0.3, -0.25) is 4.99 Å². The summed E-state index contributed by atoms with van der Waals surface area (Å²) < 4.78 is 6.09. The largest absolute Gasteiger partial charge is 0.377 e. The van der Waals surface area contributed by atoms with Crippen LogP contribution in [-0.2, 0) is 4.74 Å². The van der Waals surface area contributed by atoms with Crippen LogP contribution in [0.25, 0.3) is 0 Å². The average Bonchev–Trinajstić information content (AvgIpc) is 3.10. The first-order valence-corrected chi connectivity index (χ1v) is 10.8. The van der Waals surface area contributed by atoms with Crippen LogP contribution in [0.3, 0.4) is 0 Å². The molecule has 5 heteroatoms. The molecule has 1 spiro atoms. The topological polar surface area (TPSA) is 40.1 Å². The van der Waals surface area contributed by atoms with Gasteiger partial charge in [0.15, 0.2) is 5.96 Å². The Kier molecular flexibility index (Phi) is 4.50. The number of nitrogens with zero attached hydrogens (tertiary/aromatic N) is 3. The minimum absolute atomic E-state index is 0.404. The van der Waals surface area contributed by atoms with Gasteiger partial charge >= 0.3 is 0 Å². The first kappa shape index (κ1) is 17.4. The Labute approximate surface area is 162 Å². The highest BCUT2D eigenvalue weighted by Gasteiger charge is 2.66. The van der Waals surface area contributed by atoms with Gasteiger partial charge in [-0.05, 0) is 38.3 Å². The van der Waals surface area contributed by atoms with Gasteiger partial charge in [-0.2, -0.15) is 0 Å². The van der Waals surface area contributed by atoms with Crippen LogP contribution in [0, 0.1) is 11.3 Å². The zero-order valence-corrected chi connectivity index (χ0v) is 16.4. The Morgan fingerprint density at radius 3 is 2.63 bits per heavy atom. The zero-order valence-electron chi connectivity index (χ0n) is 16.4. The third kappa shape index (κ3) is 2.82. The number of guanidine groups is 1. The lowest BCUT2D eigenvalue weighted by Crippen LogP contribution is -2.73. The molecule has 0 amide bonds. The molecule has 3 unspecified atom stereocenters. The van der Waals surface area contributed by atoms with Crippen molar-refractivity contribution < 1.29 is 4.74 Å². The summed E-state index contributed by atoms with van der Waals surface area (Å²) in [4.78, 5) is 9.83. The van der Waals surface area contributed by atoms with Gasteiger partial charge < -0.3 is 19.9 Å². The molecule has 2 saturated heterocycles. The van der Waals surface area contributed by atoms with Crippen LogP contribution >= 0.6 is 0 Å². The molecule has 3 atom stereocenters. The van der Waals surface area contributed by atoms with E-state index in [2.05, 4.69) is 52.4 Å². The van der Waals surface area contributed by atoms with Gasteiger partial charge in [0.25, 0.3) is 0 Å². The minimum Gasteiger partial charge on any atom is -0.377 e. The fourth-order valence-corrected chi connectivity index (χ4v) is 5.80. The van der Waals surface area contributed by atoms with E-state index in [0.717, 1.165) is 45.3 Å². The molecule has 5 rings (SSSR count). The molecule has 27 heavy (non-hydrogen) atoms. The molecule has 5 nitrogen and oxygen atoms in total. The van der Waals surface area contributed by atoms with Gasteiger partial charge in [-0.15, -0.1) is 0 Å². The van der Waals surface area contributed by atoms with Crippen molar-refractivity contribution in [3.63, 3.8) is 0 Å². The van der Waals surface area contributed by atoms with Crippen molar-refractivity contribution in [2.45, 2.75) is 44.8 Å². The molecule has 2 aliphatic heterocycles. The normalized spacial score (nSPS) is 32.0. The second-order valence-corrected chi connectivity index (χ2v) is 8.56. The minimum atomic E-state index is 0.404. The summed E-state index contributed by atoms with van der Waals surface area (Å²) in [5.41, 5.74) is 1.74. The van der Waals surface area contributed by atoms with Gasteiger partial charge in [-0.25, -0.2) is 0 Å². The second-order valence-electron chi connectivity index (χ2n) is 8.56. The molecule has 1 N–H and O–H groups in total. The van der Waals surface area contributed by atoms with Crippen LogP contribution in [0.5, 0.6) is 0 Å². The van der Waals surface area contributed by atoms with E-state index in [1.54, 1.807) is 0 Å². The third-order valence-electron chi connectivity index (χ3n) is 7.33. The van der Waals surface area contributed by atoms with E-state index in [0.29, 0.717) is 23.5 Å². The molecule has 0 aromatic heterocycles. The zero-order chi connectivity index (χ0) is 18.3. The molecule has 146 valence electrons. The molecule has 1 aromatic rings. The Balaban J connectivity index is 1.25. The Hall–Kier alpha value is -1.75. The number of hydrogen-bond acceptors (Lipinski definition) is 3. The summed E-state index contributed by atoms with van der Waals surface area (Å²) >= 11 is 0. The molecule has 4 fully saturated rings. The molecule has 0 radical (unpaired) electrons. The predicted molar refractivity (Wildman–Crippen MR) is 109 cm³/mol. The summed E-state index contributed by atoms with van der Waals surface area (Å²) in [5.74, 6) is 1.82. The number of nitrogens with one attached hydrogen (secondary N) is 1. The number of ether oxygens (including phenoxy) is 1. The predicted octanol–water partition coefficient (Wildman–Crippen LogP) is 2.73. The van der Waals surface area contributed by atoms with Crippen LogP contribution in [0.1, 0.15) is 32.6 Å². The standard InChI is InChI=1S/C22H32N4O/c1-2-23-21(24-19-18-9-16-27-20(18)22(19)10-6-11-22)26-14-12-25(13-15-26)17-7-4-3-5-8-17/h3-5,7-8,18-20H,2,6,9-16H2,1H3,(H,23,24). The summed E-state index contributed by atoms with van der Waals surface area (Å²) in [5, 5.41) is 3.92.